The number of esters is 1. The van der Waals surface area contributed by atoms with Gasteiger partial charge in [-0.1, -0.05) is 36.4 Å². The standard InChI is InChI=1S/C30H38N2O5/c1-28(2,3)37-27(34)21(16-18-8-6-5-7-9-18)31-20-12-13-30(35)23-17-19-10-11-22(33)25-24(19)29(30,26(20)36-25)14-15-32(23)4/h5-11,20-21,23,26,31,33,35H,12-17H2,1-4H3/t20-,21-,23+,26-,29-,30+/m0/s1. The molecule has 0 radical (unpaired) electrons. The number of hydrogen-bond acceptors (Lipinski definition) is 7. The quantitative estimate of drug-likeness (QED) is 0.537. The van der Waals surface area contributed by atoms with Gasteiger partial charge in [-0.25, -0.2) is 0 Å². The number of benzene rings is 2. The molecule has 2 heterocycles. The SMILES string of the molecule is CN1CC[C@]23c4c5ccc(O)c4O[C@H]2[C@@H](N[C@@H](Cc2ccccc2)C(=O)OC(C)(C)C)CC[C@@]3(O)[C@H]1C5. The number of phenols is 1. The maximum Gasteiger partial charge on any atom is 0.324 e. The first kappa shape index (κ1) is 24.7. The lowest BCUT2D eigenvalue weighted by Crippen LogP contribution is -2.78. The summed E-state index contributed by atoms with van der Waals surface area (Å²) in [5, 5.41) is 26.8. The van der Waals surface area contributed by atoms with Crippen LogP contribution in [0.2, 0.25) is 0 Å². The number of likely N-dealkylation sites (N-methyl/N-ethyl adjacent to an activating group) is 1. The Kier molecular flexibility index (Phi) is 5.64. The van der Waals surface area contributed by atoms with E-state index < -0.39 is 28.8 Å². The van der Waals surface area contributed by atoms with Crippen molar-refractivity contribution >= 4 is 5.97 Å². The summed E-state index contributed by atoms with van der Waals surface area (Å²) < 4.78 is 12.4. The number of carbonyl (C=O) groups is 1. The zero-order chi connectivity index (χ0) is 26.2. The second-order valence-electron chi connectivity index (χ2n) is 12.4. The molecule has 7 nitrogen and oxygen atoms in total. The molecule has 0 amide bonds. The molecule has 6 rings (SSSR count). The third-order valence-corrected chi connectivity index (χ3v) is 9.12. The molecule has 198 valence electrons. The highest BCUT2D eigenvalue weighted by Crippen LogP contribution is 2.65. The van der Waals surface area contributed by atoms with Crippen molar-refractivity contribution in [1.29, 1.82) is 0 Å². The second-order valence-corrected chi connectivity index (χ2v) is 12.4. The highest BCUT2D eigenvalue weighted by atomic mass is 16.6. The van der Waals surface area contributed by atoms with Gasteiger partial charge in [-0.15, -0.1) is 0 Å². The van der Waals surface area contributed by atoms with Crippen LogP contribution in [0.3, 0.4) is 0 Å². The van der Waals surface area contributed by atoms with Crippen molar-refractivity contribution in [3.8, 4) is 11.5 Å². The van der Waals surface area contributed by atoms with E-state index in [9.17, 15) is 15.0 Å². The van der Waals surface area contributed by atoms with Gasteiger partial charge in [0.25, 0.3) is 0 Å². The van der Waals surface area contributed by atoms with E-state index in [1.165, 1.54) is 0 Å². The van der Waals surface area contributed by atoms with Gasteiger partial charge in [0, 0.05) is 17.6 Å². The molecule has 0 unspecified atom stereocenters. The minimum Gasteiger partial charge on any atom is -0.504 e. The number of aliphatic hydroxyl groups is 1. The topological polar surface area (TPSA) is 91.3 Å². The number of hydrogen-bond donors (Lipinski definition) is 3. The van der Waals surface area contributed by atoms with E-state index in [-0.39, 0.29) is 23.8 Å². The molecule has 4 aliphatic rings. The minimum absolute atomic E-state index is 0.0118. The number of ether oxygens (including phenoxy) is 2. The van der Waals surface area contributed by atoms with Crippen LogP contribution in [-0.4, -0.2) is 70.1 Å². The molecule has 1 saturated heterocycles. The van der Waals surface area contributed by atoms with Gasteiger partial charge in [-0.05, 0) is 83.7 Å². The fourth-order valence-corrected chi connectivity index (χ4v) is 7.62. The van der Waals surface area contributed by atoms with Gasteiger partial charge in [0.15, 0.2) is 11.5 Å². The van der Waals surface area contributed by atoms with E-state index in [0.29, 0.717) is 25.0 Å². The average molecular weight is 507 g/mol. The molecule has 2 aliphatic heterocycles. The maximum absolute atomic E-state index is 13.4. The molecule has 1 spiro atoms. The Morgan fingerprint density at radius 3 is 2.70 bits per heavy atom. The highest BCUT2D eigenvalue weighted by Gasteiger charge is 2.72. The molecule has 2 aromatic rings. The number of nitrogens with one attached hydrogen (secondary N) is 1. The zero-order valence-corrected chi connectivity index (χ0v) is 22.2. The summed E-state index contributed by atoms with van der Waals surface area (Å²) in [6.07, 6.45) is 2.82. The van der Waals surface area contributed by atoms with E-state index >= 15 is 0 Å². The van der Waals surface area contributed by atoms with Gasteiger partial charge >= 0.3 is 5.97 Å². The Hall–Kier alpha value is -2.61. The van der Waals surface area contributed by atoms with Crippen LogP contribution in [0.25, 0.3) is 0 Å². The van der Waals surface area contributed by atoms with Gasteiger partial charge in [0.1, 0.15) is 17.7 Å². The lowest BCUT2D eigenvalue weighted by molar-refractivity contribution is -0.188. The lowest BCUT2D eigenvalue weighted by Gasteiger charge is -2.63. The summed E-state index contributed by atoms with van der Waals surface area (Å²) >= 11 is 0. The Balaban J connectivity index is 1.38. The molecule has 1 saturated carbocycles. The van der Waals surface area contributed by atoms with Crippen LogP contribution < -0.4 is 10.1 Å². The number of nitrogens with zero attached hydrogens (tertiary/aromatic N) is 1. The first-order valence-corrected chi connectivity index (χ1v) is 13.5. The lowest BCUT2D eigenvalue weighted by atomic mass is 9.48. The largest absolute Gasteiger partial charge is 0.504 e. The summed E-state index contributed by atoms with van der Waals surface area (Å²) in [4.78, 5) is 15.7. The number of phenolic OH excluding ortho intramolecular Hbond substituents is 1. The molecule has 2 bridgehead atoms. The first-order valence-electron chi connectivity index (χ1n) is 13.5. The molecule has 6 atom stereocenters. The smallest absolute Gasteiger partial charge is 0.324 e. The number of aromatic hydroxyl groups is 1. The van der Waals surface area contributed by atoms with E-state index in [1.807, 2.05) is 57.2 Å². The summed E-state index contributed by atoms with van der Waals surface area (Å²) in [6, 6.07) is 12.9. The second kappa shape index (κ2) is 8.45. The molecule has 2 aliphatic carbocycles. The predicted octanol–water partition coefficient (Wildman–Crippen LogP) is 3.09. The van der Waals surface area contributed by atoms with Crippen molar-refractivity contribution in [2.24, 2.45) is 0 Å². The third kappa shape index (κ3) is 3.69. The van der Waals surface area contributed by atoms with Crippen LogP contribution in [0.1, 0.15) is 56.7 Å². The Morgan fingerprint density at radius 2 is 1.97 bits per heavy atom. The number of carbonyl (C=O) groups excluding carboxylic acids is 1. The van der Waals surface area contributed by atoms with E-state index in [2.05, 4.69) is 17.3 Å². The fourth-order valence-electron chi connectivity index (χ4n) is 7.62. The molecule has 2 fully saturated rings. The Bertz CT molecular complexity index is 1210. The van der Waals surface area contributed by atoms with Gasteiger partial charge in [0.2, 0.25) is 0 Å². The fraction of sp³-hybridized carbons (Fsp3) is 0.567. The Labute approximate surface area is 218 Å². The van der Waals surface area contributed by atoms with Crippen LogP contribution in [0.5, 0.6) is 11.5 Å². The van der Waals surface area contributed by atoms with E-state index in [4.69, 9.17) is 9.47 Å². The molecular weight excluding hydrogens is 468 g/mol. The monoisotopic (exact) mass is 506 g/mol. The van der Waals surface area contributed by atoms with Crippen molar-refractivity contribution < 1.29 is 24.5 Å². The average Bonchev–Trinajstić information content (AvgIpc) is 3.20. The van der Waals surface area contributed by atoms with Gasteiger partial charge < -0.3 is 24.6 Å². The van der Waals surface area contributed by atoms with Crippen molar-refractivity contribution in [3.05, 3.63) is 59.2 Å². The van der Waals surface area contributed by atoms with Crippen molar-refractivity contribution in [3.63, 3.8) is 0 Å². The summed E-state index contributed by atoms with van der Waals surface area (Å²) in [5.74, 6) is 0.335. The van der Waals surface area contributed by atoms with Crippen molar-refractivity contribution in [2.75, 3.05) is 13.6 Å². The predicted molar refractivity (Wildman–Crippen MR) is 140 cm³/mol. The Morgan fingerprint density at radius 1 is 1.22 bits per heavy atom. The highest BCUT2D eigenvalue weighted by molar-refractivity contribution is 5.77. The van der Waals surface area contributed by atoms with Crippen LogP contribution in [0.4, 0.5) is 0 Å². The van der Waals surface area contributed by atoms with Gasteiger partial charge in [-0.2, -0.15) is 0 Å². The molecule has 2 aromatic carbocycles. The summed E-state index contributed by atoms with van der Waals surface area (Å²) in [5.41, 5.74) is 0.967. The van der Waals surface area contributed by atoms with Crippen LogP contribution in [0, 0.1) is 0 Å². The molecule has 0 aromatic heterocycles. The number of likely N-dealkylation sites (tertiary alicyclic amines) is 1. The number of rotatable bonds is 5. The molecule has 3 N–H and O–H groups in total. The van der Waals surface area contributed by atoms with Crippen LogP contribution in [-0.2, 0) is 27.8 Å². The van der Waals surface area contributed by atoms with Crippen LogP contribution in [0.15, 0.2) is 42.5 Å². The van der Waals surface area contributed by atoms with Gasteiger partial charge in [0.05, 0.1) is 11.0 Å². The molecular formula is C30H38N2O5. The zero-order valence-electron chi connectivity index (χ0n) is 22.2. The van der Waals surface area contributed by atoms with E-state index in [0.717, 1.165) is 36.1 Å². The van der Waals surface area contributed by atoms with E-state index in [1.54, 1.807) is 6.07 Å². The first-order chi connectivity index (χ1) is 17.5. The number of piperidine rings is 1. The molecule has 37 heavy (non-hydrogen) atoms. The molecule has 7 heteroatoms. The normalized spacial score (nSPS) is 32.8. The van der Waals surface area contributed by atoms with Crippen molar-refractivity contribution in [1.82, 2.24) is 10.2 Å². The third-order valence-electron chi connectivity index (χ3n) is 9.12. The minimum atomic E-state index is -0.963. The maximum atomic E-state index is 13.4. The summed E-state index contributed by atoms with van der Waals surface area (Å²) in [6.45, 7) is 6.48. The summed E-state index contributed by atoms with van der Waals surface area (Å²) in [7, 11) is 2.09. The van der Waals surface area contributed by atoms with Crippen LogP contribution >= 0.6 is 0 Å². The van der Waals surface area contributed by atoms with Crippen molar-refractivity contribution in [2.45, 2.75) is 93.7 Å². The van der Waals surface area contributed by atoms with Gasteiger partial charge in [-0.3, -0.25) is 10.1 Å².